The van der Waals surface area contributed by atoms with Crippen molar-refractivity contribution in [2.75, 3.05) is 20.1 Å². The normalized spacial score (nSPS) is 32.5. The lowest BCUT2D eigenvalue weighted by atomic mass is 9.48. The highest BCUT2D eigenvalue weighted by molar-refractivity contribution is 9.10. The SMILES string of the molecule is C=CCN1CC[C@]23c4c5ccc(O)c4O[C@H]2[C@H](N(C)C(=O)Cc2ccc(Br)cc2)CC[C@@]3(O)[C@H]1C5. The number of amides is 1. The van der Waals surface area contributed by atoms with Gasteiger partial charge in [-0.2, -0.15) is 0 Å². The molecule has 6 nitrogen and oxygen atoms in total. The van der Waals surface area contributed by atoms with E-state index in [9.17, 15) is 15.0 Å². The van der Waals surface area contributed by atoms with Crippen LogP contribution in [0.2, 0.25) is 0 Å². The molecule has 0 unspecified atom stereocenters. The van der Waals surface area contributed by atoms with Gasteiger partial charge >= 0.3 is 0 Å². The molecule has 7 heteroatoms. The molecule has 35 heavy (non-hydrogen) atoms. The highest BCUT2D eigenvalue weighted by Crippen LogP contribution is 2.65. The van der Waals surface area contributed by atoms with Crippen LogP contribution in [0.4, 0.5) is 0 Å². The van der Waals surface area contributed by atoms with Gasteiger partial charge in [0.1, 0.15) is 6.10 Å². The van der Waals surface area contributed by atoms with Crippen LogP contribution in [-0.2, 0) is 23.1 Å². The molecule has 0 aromatic heterocycles. The lowest BCUT2D eigenvalue weighted by Gasteiger charge is -2.64. The molecule has 2 aliphatic carbocycles. The summed E-state index contributed by atoms with van der Waals surface area (Å²) in [6.07, 6.45) is 4.47. The molecule has 2 aromatic carbocycles. The van der Waals surface area contributed by atoms with E-state index in [1.54, 1.807) is 6.07 Å². The number of rotatable bonds is 5. The van der Waals surface area contributed by atoms with E-state index in [1.165, 1.54) is 0 Å². The predicted molar refractivity (Wildman–Crippen MR) is 137 cm³/mol. The van der Waals surface area contributed by atoms with E-state index in [4.69, 9.17) is 4.74 Å². The molecule has 4 aliphatic rings. The van der Waals surface area contributed by atoms with E-state index in [0.717, 1.165) is 34.3 Å². The van der Waals surface area contributed by atoms with Gasteiger partial charge in [0, 0.05) is 29.7 Å². The van der Waals surface area contributed by atoms with Crippen molar-refractivity contribution >= 4 is 21.8 Å². The summed E-state index contributed by atoms with van der Waals surface area (Å²) >= 11 is 3.45. The molecule has 184 valence electrons. The first kappa shape index (κ1) is 23.1. The molecule has 1 spiro atoms. The van der Waals surface area contributed by atoms with Crippen LogP contribution >= 0.6 is 15.9 Å². The second kappa shape index (κ2) is 8.08. The first-order valence-electron chi connectivity index (χ1n) is 12.4. The zero-order chi connectivity index (χ0) is 24.5. The number of phenols is 1. The van der Waals surface area contributed by atoms with Gasteiger partial charge in [0.25, 0.3) is 0 Å². The van der Waals surface area contributed by atoms with Gasteiger partial charge in [-0.25, -0.2) is 0 Å². The Bertz CT molecular complexity index is 1200. The fourth-order valence-corrected chi connectivity index (χ4v) is 7.74. The van der Waals surface area contributed by atoms with Gasteiger partial charge in [-0.15, -0.1) is 6.58 Å². The number of nitrogens with zero attached hydrogens (tertiary/aromatic N) is 2. The number of halogens is 1. The van der Waals surface area contributed by atoms with Gasteiger partial charge in [-0.1, -0.05) is 40.2 Å². The van der Waals surface area contributed by atoms with E-state index in [0.29, 0.717) is 37.9 Å². The van der Waals surface area contributed by atoms with Gasteiger partial charge in [0.15, 0.2) is 11.5 Å². The van der Waals surface area contributed by atoms with Gasteiger partial charge < -0.3 is 19.8 Å². The number of benzene rings is 2. The number of aromatic hydroxyl groups is 1. The molecule has 0 radical (unpaired) electrons. The van der Waals surface area contributed by atoms with Crippen molar-refractivity contribution in [3.8, 4) is 11.5 Å². The number of carbonyl (C=O) groups excluding carboxylic acids is 1. The molecule has 2 aliphatic heterocycles. The maximum Gasteiger partial charge on any atom is 0.227 e. The van der Waals surface area contributed by atoms with Crippen LogP contribution in [0.3, 0.4) is 0 Å². The van der Waals surface area contributed by atoms with Crippen molar-refractivity contribution in [3.63, 3.8) is 0 Å². The summed E-state index contributed by atoms with van der Waals surface area (Å²) in [5.74, 6) is 0.645. The quantitative estimate of drug-likeness (QED) is 0.569. The standard InChI is InChI=1S/C28H31BrN2O4/c1-3-13-31-14-12-27-24-18-6-9-21(32)25(24)35-26(27)20(10-11-28(27,34)22(31)16-18)30(2)23(33)15-17-4-7-19(29)8-5-17/h3-9,20,22,26,32,34H,1,10-16H2,2H3/t20-,22-,26+,27+,28-/m1/s1. The molecular formula is C28H31BrN2O4. The van der Waals surface area contributed by atoms with Gasteiger partial charge in [-0.05, 0) is 61.6 Å². The third-order valence-corrected chi connectivity index (χ3v) is 9.59. The number of ether oxygens (including phenoxy) is 1. The Morgan fingerprint density at radius 2 is 2.06 bits per heavy atom. The van der Waals surface area contributed by atoms with Crippen LogP contribution in [0.1, 0.15) is 36.0 Å². The predicted octanol–water partition coefficient (Wildman–Crippen LogP) is 3.56. The number of likely N-dealkylation sites (tertiary alicyclic amines) is 1. The molecule has 2 N–H and O–H groups in total. The summed E-state index contributed by atoms with van der Waals surface area (Å²) in [6.45, 7) is 5.47. The Balaban J connectivity index is 1.39. The molecule has 6 rings (SSSR count). The van der Waals surface area contributed by atoms with Crippen molar-refractivity contribution in [3.05, 3.63) is 70.2 Å². The maximum absolute atomic E-state index is 13.4. The Morgan fingerprint density at radius 3 is 2.80 bits per heavy atom. The highest BCUT2D eigenvalue weighted by Gasteiger charge is 2.73. The number of likely N-dealkylation sites (N-methyl/N-ethyl adjacent to an activating group) is 1. The van der Waals surface area contributed by atoms with Crippen molar-refractivity contribution in [1.29, 1.82) is 0 Å². The number of aliphatic hydroxyl groups is 1. The third-order valence-electron chi connectivity index (χ3n) is 9.06. The zero-order valence-electron chi connectivity index (χ0n) is 19.9. The average molecular weight is 539 g/mol. The second-order valence-electron chi connectivity index (χ2n) is 10.5. The lowest BCUT2D eigenvalue weighted by Crippen LogP contribution is -2.78. The molecule has 2 fully saturated rings. The van der Waals surface area contributed by atoms with Crippen LogP contribution < -0.4 is 4.74 Å². The van der Waals surface area contributed by atoms with Gasteiger partial charge in [0.2, 0.25) is 5.91 Å². The molecule has 1 saturated carbocycles. The fraction of sp³-hybridized carbons (Fsp3) is 0.464. The molecular weight excluding hydrogens is 508 g/mol. The minimum absolute atomic E-state index is 0.0274. The van der Waals surface area contributed by atoms with E-state index in [1.807, 2.05) is 48.4 Å². The minimum Gasteiger partial charge on any atom is -0.504 e. The molecule has 2 aromatic rings. The number of hydrogen-bond donors (Lipinski definition) is 2. The van der Waals surface area contributed by atoms with Crippen molar-refractivity contribution in [2.24, 2.45) is 0 Å². The summed E-state index contributed by atoms with van der Waals surface area (Å²) in [5, 5.41) is 23.2. The molecule has 2 heterocycles. The summed E-state index contributed by atoms with van der Waals surface area (Å²) < 4.78 is 7.55. The lowest BCUT2D eigenvalue weighted by molar-refractivity contribution is -0.198. The summed E-state index contributed by atoms with van der Waals surface area (Å²) in [5.41, 5.74) is 1.43. The number of carbonyl (C=O) groups is 1. The summed E-state index contributed by atoms with van der Waals surface area (Å²) in [4.78, 5) is 17.6. The Labute approximate surface area is 214 Å². The first-order valence-corrected chi connectivity index (χ1v) is 13.2. The monoisotopic (exact) mass is 538 g/mol. The van der Waals surface area contributed by atoms with Crippen molar-refractivity contribution in [1.82, 2.24) is 9.80 Å². The largest absolute Gasteiger partial charge is 0.504 e. The topological polar surface area (TPSA) is 73.2 Å². The Kier molecular flexibility index (Phi) is 5.33. The van der Waals surface area contributed by atoms with E-state index in [2.05, 4.69) is 27.4 Å². The van der Waals surface area contributed by atoms with Crippen LogP contribution in [-0.4, -0.2) is 69.8 Å². The van der Waals surface area contributed by atoms with E-state index in [-0.39, 0.29) is 23.7 Å². The van der Waals surface area contributed by atoms with E-state index < -0.39 is 17.1 Å². The molecule has 2 bridgehead atoms. The van der Waals surface area contributed by atoms with Crippen LogP contribution in [0.25, 0.3) is 0 Å². The summed E-state index contributed by atoms with van der Waals surface area (Å²) in [6, 6.07) is 11.3. The average Bonchev–Trinajstić information content (AvgIpc) is 3.19. The van der Waals surface area contributed by atoms with Crippen molar-refractivity contribution in [2.45, 2.75) is 61.3 Å². The van der Waals surface area contributed by atoms with Crippen LogP contribution in [0.15, 0.2) is 53.5 Å². The fourth-order valence-electron chi connectivity index (χ4n) is 7.47. The first-order chi connectivity index (χ1) is 16.8. The zero-order valence-corrected chi connectivity index (χ0v) is 21.5. The molecule has 1 saturated heterocycles. The Morgan fingerprint density at radius 1 is 1.29 bits per heavy atom. The highest BCUT2D eigenvalue weighted by atomic mass is 79.9. The van der Waals surface area contributed by atoms with Crippen LogP contribution in [0, 0.1) is 0 Å². The third kappa shape index (κ3) is 3.11. The second-order valence-corrected chi connectivity index (χ2v) is 11.5. The maximum atomic E-state index is 13.4. The van der Waals surface area contributed by atoms with Gasteiger partial charge in [-0.3, -0.25) is 9.69 Å². The van der Waals surface area contributed by atoms with Crippen LogP contribution in [0.5, 0.6) is 11.5 Å². The minimum atomic E-state index is -0.989. The number of piperidine rings is 1. The number of phenolic OH excluding ortho intramolecular Hbond substituents is 1. The summed E-state index contributed by atoms with van der Waals surface area (Å²) in [7, 11) is 1.85. The number of hydrogen-bond acceptors (Lipinski definition) is 5. The van der Waals surface area contributed by atoms with Gasteiger partial charge in [0.05, 0.1) is 23.5 Å². The molecule has 1 amide bonds. The Hall–Kier alpha value is -2.35. The van der Waals surface area contributed by atoms with E-state index >= 15 is 0 Å². The molecule has 5 atom stereocenters. The smallest absolute Gasteiger partial charge is 0.227 e. The van der Waals surface area contributed by atoms with Crippen molar-refractivity contribution < 1.29 is 19.7 Å².